The van der Waals surface area contributed by atoms with Crippen LogP contribution < -0.4 is 0 Å². The van der Waals surface area contributed by atoms with E-state index in [9.17, 15) is 14.4 Å². The number of hydrogen-bond acceptors (Lipinski definition) is 7. The van der Waals surface area contributed by atoms with E-state index in [-0.39, 0.29) is 24.4 Å². The normalized spacial score (nSPS) is 14.3. The summed E-state index contributed by atoms with van der Waals surface area (Å²) in [5, 5.41) is 0. The molecule has 7 heteroatoms. The minimum atomic E-state index is -0.510. The number of carbonyl (C=O) groups is 3. The second-order valence-electron chi connectivity index (χ2n) is 8.52. The summed E-state index contributed by atoms with van der Waals surface area (Å²) < 4.78 is 19.5. The third-order valence-corrected chi connectivity index (χ3v) is 5.38. The number of allylic oxidation sites excluding steroid dienone is 8. The van der Waals surface area contributed by atoms with Crippen molar-refractivity contribution in [2.75, 3.05) is 28.4 Å². The maximum atomic E-state index is 11.5. The summed E-state index contributed by atoms with van der Waals surface area (Å²) >= 11 is 0. The first-order chi connectivity index (χ1) is 18.2. The van der Waals surface area contributed by atoms with Crippen molar-refractivity contribution >= 4 is 17.9 Å². The summed E-state index contributed by atoms with van der Waals surface area (Å²) in [4.78, 5) is 34.5. The predicted molar refractivity (Wildman–Crippen MR) is 150 cm³/mol. The lowest BCUT2D eigenvalue weighted by atomic mass is 10.0. The standard InChI is InChI=1S/C31H42O7/c1-24(18-21-27(22-29(32)36-5)23-30(33)37-6)16-14-12-10-8-9-11-13-15-17-28(35-4)25(2)19-20-26(3)31(34)38-7/h9,11-12,14,18-22,24,28H,8,10,16-17,23H2,1-7H3/b11-9+,14-12+,21-18+,25-19+,26-20+,27-22+/t24-,28+/m0/s1. The van der Waals surface area contributed by atoms with Crippen molar-refractivity contribution in [1.82, 2.24) is 0 Å². The van der Waals surface area contributed by atoms with E-state index in [0.717, 1.165) is 24.8 Å². The van der Waals surface area contributed by atoms with Gasteiger partial charge in [0.1, 0.15) is 0 Å². The molecule has 0 fully saturated rings. The van der Waals surface area contributed by atoms with Crippen molar-refractivity contribution in [1.29, 1.82) is 0 Å². The number of rotatable bonds is 15. The quantitative estimate of drug-likeness (QED) is 0.0522. The summed E-state index contributed by atoms with van der Waals surface area (Å²) in [6.07, 6.45) is 19.7. The van der Waals surface area contributed by atoms with E-state index in [1.54, 1.807) is 26.2 Å². The van der Waals surface area contributed by atoms with Crippen molar-refractivity contribution in [2.24, 2.45) is 5.92 Å². The number of ether oxygens (including phenoxy) is 4. The van der Waals surface area contributed by atoms with Gasteiger partial charge in [0.25, 0.3) is 0 Å². The van der Waals surface area contributed by atoms with Crippen LogP contribution in [0.5, 0.6) is 0 Å². The van der Waals surface area contributed by atoms with Crippen LogP contribution in [0.1, 0.15) is 52.9 Å². The molecule has 0 bridgehead atoms. The molecule has 208 valence electrons. The third kappa shape index (κ3) is 16.9. The van der Waals surface area contributed by atoms with Crippen molar-refractivity contribution in [2.45, 2.75) is 59.0 Å². The summed E-state index contributed by atoms with van der Waals surface area (Å²) in [5.74, 6) is 5.10. The third-order valence-electron chi connectivity index (χ3n) is 5.38. The minimum Gasteiger partial charge on any atom is -0.469 e. The Balaban J connectivity index is 4.57. The minimum absolute atomic E-state index is 0.0103. The highest BCUT2D eigenvalue weighted by Crippen LogP contribution is 2.12. The zero-order valence-electron chi connectivity index (χ0n) is 23.7. The van der Waals surface area contributed by atoms with E-state index in [4.69, 9.17) is 4.74 Å². The highest BCUT2D eigenvalue weighted by Gasteiger charge is 2.08. The van der Waals surface area contributed by atoms with Crippen LogP contribution in [0.2, 0.25) is 0 Å². The van der Waals surface area contributed by atoms with E-state index < -0.39 is 11.9 Å². The zero-order valence-corrected chi connectivity index (χ0v) is 23.7. The Morgan fingerprint density at radius 3 is 2.24 bits per heavy atom. The number of esters is 3. The van der Waals surface area contributed by atoms with E-state index >= 15 is 0 Å². The Morgan fingerprint density at radius 2 is 1.61 bits per heavy atom. The average Bonchev–Trinajstić information content (AvgIpc) is 2.92. The predicted octanol–water partition coefficient (Wildman–Crippen LogP) is 5.60. The number of carbonyl (C=O) groups excluding carboxylic acids is 3. The van der Waals surface area contributed by atoms with E-state index in [1.165, 1.54) is 27.4 Å². The molecule has 0 aromatic carbocycles. The van der Waals surface area contributed by atoms with Crippen LogP contribution in [0.25, 0.3) is 0 Å². The van der Waals surface area contributed by atoms with Crippen molar-refractivity contribution < 1.29 is 33.3 Å². The fraction of sp³-hybridized carbons (Fsp3) is 0.452. The smallest absolute Gasteiger partial charge is 0.333 e. The molecule has 38 heavy (non-hydrogen) atoms. The van der Waals surface area contributed by atoms with Gasteiger partial charge in [-0.25, -0.2) is 9.59 Å². The maximum Gasteiger partial charge on any atom is 0.333 e. The first kappa shape index (κ1) is 34.4. The molecule has 0 rings (SSSR count). The molecule has 0 aliphatic heterocycles. The first-order valence-corrected chi connectivity index (χ1v) is 12.5. The van der Waals surface area contributed by atoms with Gasteiger partial charge in [0.2, 0.25) is 0 Å². The zero-order chi connectivity index (χ0) is 28.8. The fourth-order valence-corrected chi connectivity index (χ4v) is 2.97. The molecule has 0 saturated carbocycles. The molecule has 0 aliphatic rings. The van der Waals surface area contributed by atoms with Crippen molar-refractivity contribution in [3.63, 3.8) is 0 Å². The van der Waals surface area contributed by atoms with E-state index in [1.807, 2.05) is 31.2 Å². The van der Waals surface area contributed by atoms with Gasteiger partial charge < -0.3 is 18.9 Å². The van der Waals surface area contributed by atoms with Crippen LogP contribution in [0.3, 0.4) is 0 Å². The first-order valence-electron chi connectivity index (χ1n) is 12.5. The Morgan fingerprint density at radius 1 is 0.895 bits per heavy atom. The molecule has 0 heterocycles. The molecule has 0 saturated heterocycles. The van der Waals surface area contributed by atoms with Gasteiger partial charge in [-0.05, 0) is 56.3 Å². The number of methoxy groups -OCH3 is 4. The van der Waals surface area contributed by atoms with Gasteiger partial charge in [-0.1, -0.05) is 61.3 Å². The second kappa shape index (κ2) is 21.5. The second-order valence-corrected chi connectivity index (χ2v) is 8.52. The molecule has 0 amide bonds. The number of hydrogen-bond donors (Lipinski definition) is 0. The Kier molecular flexibility index (Phi) is 19.4. The Labute approximate surface area is 227 Å². The topological polar surface area (TPSA) is 88.1 Å². The van der Waals surface area contributed by atoms with Gasteiger partial charge >= 0.3 is 17.9 Å². The molecule has 7 nitrogen and oxygen atoms in total. The highest BCUT2D eigenvalue weighted by molar-refractivity contribution is 5.88. The molecular formula is C31H42O7. The van der Waals surface area contributed by atoms with Gasteiger partial charge in [-0.15, -0.1) is 0 Å². The van der Waals surface area contributed by atoms with Gasteiger partial charge in [-0.3, -0.25) is 4.79 Å². The van der Waals surface area contributed by atoms with Gasteiger partial charge in [0.15, 0.2) is 0 Å². The Hall–Kier alpha value is -3.63. The summed E-state index contributed by atoms with van der Waals surface area (Å²) in [5.41, 5.74) is 2.04. The SMILES string of the molecule is COC(=O)/C=C(\C=C\[C@@H](C)C/C=C/CC/C=C/C#CC[C@@H](OC)/C(C)=C/C=C(\C)C(=O)OC)CC(=O)OC. The molecule has 0 radical (unpaired) electrons. The van der Waals surface area contributed by atoms with E-state index in [2.05, 4.69) is 45.1 Å². The van der Waals surface area contributed by atoms with E-state index in [0.29, 0.717) is 17.6 Å². The van der Waals surface area contributed by atoms with Crippen LogP contribution in [0, 0.1) is 17.8 Å². The molecule has 0 spiro atoms. The maximum absolute atomic E-state index is 11.5. The molecular weight excluding hydrogens is 484 g/mol. The Bertz CT molecular complexity index is 997. The largest absolute Gasteiger partial charge is 0.469 e. The average molecular weight is 527 g/mol. The molecule has 0 aliphatic carbocycles. The van der Waals surface area contributed by atoms with Crippen LogP contribution in [0.4, 0.5) is 0 Å². The molecule has 0 aromatic heterocycles. The number of unbranched alkanes of at least 4 members (excludes halogenated alkanes) is 1. The lowest BCUT2D eigenvalue weighted by Gasteiger charge is -2.12. The van der Waals surface area contributed by atoms with Crippen molar-refractivity contribution in [3.05, 3.63) is 71.4 Å². The summed E-state index contributed by atoms with van der Waals surface area (Å²) in [6, 6.07) is 0. The van der Waals surface area contributed by atoms with Gasteiger partial charge in [-0.2, -0.15) is 0 Å². The monoisotopic (exact) mass is 526 g/mol. The van der Waals surface area contributed by atoms with Crippen LogP contribution in [-0.4, -0.2) is 52.5 Å². The molecule has 0 N–H and O–H groups in total. The lowest BCUT2D eigenvalue weighted by Crippen LogP contribution is -2.11. The van der Waals surface area contributed by atoms with Gasteiger partial charge in [0.05, 0.1) is 33.9 Å². The van der Waals surface area contributed by atoms with Crippen molar-refractivity contribution in [3.8, 4) is 11.8 Å². The van der Waals surface area contributed by atoms with Gasteiger partial charge in [0, 0.05) is 25.2 Å². The summed E-state index contributed by atoms with van der Waals surface area (Å²) in [6.45, 7) is 5.70. The highest BCUT2D eigenvalue weighted by atomic mass is 16.5. The molecule has 0 aromatic rings. The lowest BCUT2D eigenvalue weighted by molar-refractivity contribution is -0.139. The van der Waals surface area contributed by atoms with Crippen LogP contribution in [-0.2, 0) is 33.3 Å². The van der Waals surface area contributed by atoms with Crippen LogP contribution in [0.15, 0.2) is 71.4 Å². The fourth-order valence-electron chi connectivity index (χ4n) is 2.97. The van der Waals surface area contributed by atoms with Crippen LogP contribution >= 0.6 is 0 Å². The molecule has 2 atom stereocenters. The molecule has 0 unspecified atom stereocenters. The summed E-state index contributed by atoms with van der Waals surface area (Å²) in [7, 11) is 5.60.